The molecule has 4 aliphatic heterocycles. The fourth-order valence-corrected chi connectivity index (χ4v) is 9.79. The van der Waals surface area contributed by atoms with Crippen LogP contribution >= 0.6 is 0 Å². The molecular weight excluding hydrogens is 689 g/mol. The molecule has 4 heterocycles. The second kappa shape index (κ2) is 15.6. The van der Waals surface area contributed by atoms with E-state index >= 15 is 0 Å². The highest BCUT2D eigenvalue weighted by Gasteiger charge is 2.52. The zero-order valence-electron chi connectivity index (χ0n) is 31.7. The summed E-state index contributed by atoms with van der Waals surface area (Å²) in [5.41, 5.74) is 2.97. The van der Waals surface area contributed by atoms with Gasteiger partial charge in [-0.2, -0.15) is 0 Å². The summed E-state index contributed by atoms with van der Waals surface area (Å²) in [6.45, 7) is 9.68. The Morgan fingerprint density at radius 3 is 2.21 bits per heavy atom. The standard InChI is InChI=1S/C41H56N4O7Si/c1-53(2,3)24-23-52-27-45-34-25-29(11-13-32(34)41(39(45)49)17-21-51-22-18-41)36(46)44-35(28-9-7-5-4-6-8-10-28)37(47)42-30-12-14-31-33(26-30)43-38(48)40(31)15-19-50-20-16-40/h11-14,25-26,28,35H,4-10,15-24,27H2,1-3H3,(H,42,47)(H,43,48)(H,44,46). The van der Waals surface area contributed by atoms with Crippen molar-refractivity contribution in [1.82, 2.24) is 5.32 Å². The first-order chi connectivity index (χ1) is 25.5. The number of hydrogen-bond donors (Lipinski definition) is 3. The van der Waals surface area contributed by atoms with Crippen LogP contribution in [0.4, 0.5) is 17.1 Å². The van der Waals surface area contributed by atoms with Crippen LogP contribution in [0.15, 0.2) is 36.4 Å². The lowest BCUT2D eigenvalue weighted by molar-refractivity contribution is -0.127. The van der Waals surface area contributed by atoms with Crippen molar-refractivity contribution in [2.24, 2.45) is 5.92 Å². The van der Waals surface area contributed by atoms with Gasteiger partial charge in [-0.1, -0.05) is 63.9 Å². The molecule has 4 amide bonds. The van der Waals surface area contributed by atoms with Crippen molar-refractivity contribution in [3.8, 4) is 0 Å². The monoisotopic (exact) mass is 744 g/mol. The minimum atomic E-state index is -1.32. The van der Waals surface area contributed by atoms with Crippen molar-refractivity contribution in [3.05, 3.63) is 53.1 Å². The summed E-state index contributed by atoms with van der Waals surface area (Å²) in [6, 6.07) is 11.4. The third kappa shape index (κ3) is 7.70. The van der Waals surface area contributed by atoms with Crippen molar-refractivity contribution < 1.29 is 33.4 Å². The summed E-state index contributed by atoms with van der Waals surface area (Å²) in [6.07, 6.45) is 9.51. The van der Waals surface area contributed by atoms with E-state index in [1.165, 1.54) is 6.42 Å². The molecule has 7 rings (SSSR count). The van der Waals surface area contributed by atoms with Crippen molar-refractivity contribution in [3.63, 3.8) is 0 Å². The van der Waals surface area contributed by atoms with E-state index < -0.39 is 24.9 Å². The van der Waals surface area contributed by atoms with Gasteiger partial charge in [0.25, 0.3) is 5.91 Å². The number of hydrogen-bond acceptors (Lipinski definition) is 7. The Labute approximate surface area is 314 Å². The van der Waals surface area contributed by atoms with Crippen LogP contribution < -0.4 is 20.9 Å². The third-order valence-corrected chi connectivity index (χ3v) is 14.0. The summed E-state index contributed by atoms with van der Waals surface area (Å²) < 4.78 is 17.3. The predicted octanol–water partition coefficient (Wildman–Crippen LogP) is 6.49. The van der Waals surface area contributed by atoms with Crippen LogP contribution in [0.3, 0.4) is 0 Å². The Morgan fingerprint density at radius 2 is 1.53 bits per heavy atom. The summed E-state index contributed by atoms with van der Waals surface area (Å²) in [7, 11) is -1.32. The van der Waals surface area contributed by atoms with E-state index in [1.807, 2.05) is 24.3 Å². The Kier molecular flexibility index (Phi) is 11.1. The van der Waals surface area contributed by atoms with E-state index in [0.717, 1.165) is 55.7 Å². The van der Waals surface area contributed by atoms with Gasteiger partial charge < -0.3 is 30.2 Å². The van der Waals surface area contributed by atoms with Crippen LogP contribution in [-0.2, 0) is 39.4 Å². The zero-order valence-corrected chi connectivity index (χ0v) is 32.7. The molecule has 1 atom stereocenters. The molecule has 12 heteroatoms. The highest BCUT2D eigenvalue weighted by atomic mass is 28.3. The maximum absolute atomic E-state index is 14.2. The molecule has 1 saturated carbocycles. The molecule has 3 N–H and O–H groups in total. The maximum atomic E-state index is 14.2. The number of carbonyl (C=O) groups excluding carboxylic acids is 4. The third-order valence-electron chi connectivity index (χ3n) is 12.3. The van der Waals surface area contributed by atoms with Crippen LogP contribution in [-0.4, -0.2) is 77.5 Å². The van der Waals surface area contributed by atoms with Gasteiger partial charge in [-0.3, -0.25) is 24.1 Å². The van der Waals surface area contributed by atoms with Crippen LogP contribution in [0, 0.1) is 5.92 Å². The lowest BCUT2D eigenvalue weighted by atomic mass is 9.75. The van der Waals surface area contributed by atoms with Crippen LogP contribution in [0.5, 0.6) is 0 Å². The fourth-order valence-electron chi connectivity index (χ4n) is 9.04. The smallest absolute Gasteiger partial charge is 0.252 e. The van der Waals surface area contributed by atoms with Gasteiger partial charge in [0.15, 0.2) is 0 Å². The van der Waals surface area contributed by atoms with Crippen LogP contribution in [0.2, 0.25) is 25.7 Å². The number of rotatable bonds is 10. The number of benzene rings is 2. The van der Waals surface area contributed by atoms with Crippen LogP contribution in [0.1, 0.15) is 92.1 Å². The van der Waals surface area contributed by atoms with Gasteiger partial charge in [-0.15, -0.1) is 0 Å². The van der Waals surface area contributed by atoms with E-state index in [-0.39, 0.29) is 36.3 Å². The molecule has 286 valence electrons. The number of nitrogens with one attached hydrogen (secondary N) is 3. The maximum Gasteiger partial charge on any atom is 0.252 e. The van der Waals surface area contributed by atoms with Gasteiger partial charge in [-0.05, 0) is 85.9 Å². The molecule has 0 aromatic heterocycles. The Bertz CT molecular complexity index is 1700. The van der Waals surface area contributed by atoms with Gasteiger partial charge in [0.2, 0.25) is 17.7 Å². The van der Waals surface area contributed by atoms with Gasteiger partial charge in [0, 0.05) is 58.0 Å². The second-order valence-electron chi connectivity index (χ2n) is 17.0. The number of anilines is 3. The second-order valence-corrected chi connectivity index (χ2v) is 22.6. The molecule has 1 aliphatic carbocycles. The first kappa shape index (κ1) is 37.7. The summed E-state index contributed by atoms with van der Waals surface area (Å²) in [5, 5.41) is 9.29. The van der Waals surface area contributed by atoms with Gasteiger partial charge in [0.05, 0.1) is 16.5 Å². The van der Waals surface area contributed by atoms with E-state index in [2.05, 4.69) is 35.6 Å². The molecule has 3 fully saturated rings. The molecule has 0 bridgehead atoms. The number of amides is 4. The largest absolute Gasteiger partial charge is 0.381 e. The Hall–Kier alpha value is -3.58. The fraction of sp³-hybridized carbons (Fsp3) is 0.610. The van der Waals surface area contributed by atoms with Gasteiger partial charge in [-0.25, -0.2) is 0 Å². The average Bonchev–Trinajstić information content (AvgIpc) is 3.50. The first-order valence-corrected chi connectivity index (χ1v) is 23.5. The molecule has 53 heavy (non-hydrogen) atoms. The normalized spacial score (nSPS) is 21.8. The molecule has 0 radical (unpaired) electrons. The topological polar surface area (TPSA) is 135 Å². The average molecular weight is 745 g/mol. The van der Waals surface area contributed by atoms with E-state index in [4.69, 9.17) is 14.2 Å². The molecule has 1 unspecified atom stereocenters. The molecule has 11 nitrogen and oxygen atoms in total. The molecule has 2 spiro atoms. The van der Waals surface area contributed by atoms with Crippen molar-refractivity contribution in [2.75, 3.05) is 55.3 Å². The highest BCUT2D eigenvalue weighted by molar-refractivity contribution is 6.76. The SMILES string of the molecule is C[Si](C)(C)CCOCN1C(=O)C2(CCOCC2)c2ccc(C(=O)NC(C(=O)Nc3ccc4c(c3)NC(=O)C43CCOCC3)C3CCCCCCC3)cc21. The van der Waals surface area contributed by atoms with E-state index in [1.54, 1.807) is 17.0 Å². The van der Waals surface area contributed by atoms with Crippen molar-refractivity contribution in [1.29, 1.82) is 0 Å². The van der Waals surface area contributed by atoms with E-state index in [9.17, 15) is 19.2 Å². The Morgan fingerprint density at radius 1 is 0.887 bits per heavy atom. The number of carbonyl (C=O) groups is 4. The minimum Gasteiger partial charge on any atom is -0.381 e. The first-order valence-electron chi connectivity index (χ1n) is 19.8. The minimum absolute atomic E-state index is 0.00131. The van der Waals surface area contributed by atoms with E-state index in [0.29, 0.717) is 81.3 Å². The summed E-state index contributed by atoms with van der Waals surface area (Å²) in [4.78, 5) is 57.4. The quantitative estimate of drug-likeness (QED) is 0.187. The predicted molar refractivity (Wildman–Crippen MR) is 207 cm³/mol. The number of nitrogens with zero attached hydrogens (tertiary/aromatic N) is 1. The lowest BCUT2D eigenvalue weighted by Crippen LogP contribution is -2.48. The number of fused-ring (bicyclic) bond motifs is 4. The summed E-state index contributed by atoms with van der Waals surface area (Å²) in [5.74, 6) is -0.672. The lowest BCUT2D eigenvalue weighted by Gasteiger charge is -2.32. The summed E-state index contributed by atoms with van der Waals surface area (Å²) >= 11 is 0. The van der Waals surface area contributed by atoms with Gasteiger partial charge in [0.1, 0.15) is 12.8 Å². The zero-order chi connectivity index (χ0) is 37.2. The highest BCUT2D eigenvalue weighted by Crippen LogP contribution is 2.48. The molecule has 2 aromatic carbocycles. The van der Waals surface area contributed by atoms with Crippen LogP contribution in [0.25, 0.3) is 0 Å². The molecule has 2 saturated heterocycles. The molecule has 5 aliphatic rings. The van der Waals surface area contributed by atoms with Crippen molar-refractivity contribution in [2.45, 2.75) is 113 Å². The number of ether oxygens (including phenoxy) is 3. The Balaban J connectivity index is 1.13. The molecule has 2 aromatic rings. The van der Waals surface area contributed by atoms with Crippen molar-refractivity contribution >= 4 is 48.8 Å². The molecular formula is C41H56N4O7Si. The van der Waals surface area contributed by atoms with Gasteiger partial charge >= 0.3 is 0 Å².